The maximum atomic E-state index is 14.0. The number of carbonyl (C=O) groups excluding carboxylic acids is 1. The van der Waals surface area contributed by atoms with Gasteiger partial charge in [-0.05, 0) is 44.0 Å². The highest BCUT2D eigenvalue weighted by atomic mass is 35.5. The van der Waals surface area contributed by atoms with Gasteiger partial charge in [0, 0.05) is 28.3 Å². The molecule has 0 saturated heterocycles. The van der Waals surface area contributed by atoms with E-state index in [-0.39, 0.29) is 39.5 Å². The molecule has 1 aliphatic rings. The molecule has 26 heavy (non-hydrogen) atoms. The molecule has 0 aliphatic heterocycles. The molecular weight excluding hydrogens is 361 g/mol. The highest BCUT2D eigenvalue weighted by Gasteiger charge is 2.26. The van der Waals surface area contributed by atoms with Crippen molar-refractivity contribution >= 4 is 28.9 Å². The van der Waals surface area contributed by atoms with Gasteiger partial charge in [0.25, 0.3) is 11.6 Å². The van der Waals surface area contributed by atoms with Crippen LogP contribution in [0.2, 0.25) is 5.02 Å². The molecule has 0 bridgehead atoms. The van der Waals surface area contributed by atoms with E-state index in [1.54, 1.807) is 13.0 Å². The summed E-state index contributed by atoms with van der Waals surface area (Å²) in [4.78, 5) is 22.9. The lowest BCUT2D eigenvalue weighted by molar-refractivity contribution is -0.384. The van der Waals surface area contributed by atoms with E-state index >= 15 is 0 Å². The monoisotopic (exact) mass is 377 g/mol. The number of nitro benzene ring substituents is 1. The normalized spacial score (nSPS) is 14.6. The Labute approximate surface area is 154 Å². The molecule has 1 fully saturated rings. The fourth-order valence-electron chi connectivity index (χ4n) is 2.67. The van der Waals surface area contributed by atoms with Gasteiger partial charge in [0.15, 0.2) is 0 Å². The van der Waals surface area contributed by atoms with Crippen LogP contribution in [0.15, 0.2) is 36.4 Å². The third-order valence-electron chi connectivity index (χ3n) is 4.17. The summed E-state index contributed by atoms with van der Waals surface area (Å²) in [6.07, 6.45) is 1.85. The zero-order valence-corrected chi connectivity index (χ0v) is 14.7. The Morgan fingerprint density at radius 3 is 2.69 bits per heavy atom. The number of halogens is 2. The van der Waals surface area contributed by atoms with Gasteiger partial charge in [-0.3, -0.25) is 14.9 Å². The first-order valence-corrected chi connectivity index (χ1v) is 8.54. The number of hydrogen-bond donors (Lipinski definition) is 2. The molecule has 8 heteroatoms. The number of anilines is 1. The number of carbonyl (C=O) groups is 1. The van der Waals surface area contributed by atoms with Crippen LogP contribution in [0.25, 0.3) is 0 Å². The molecule has 2 N–H and O–H groups in total. The maximum absolute atomic E-state index is 14.0. The van der Waals surface area contributed by atoms with Gasteiger partial charge in [-0.2, -0.15) is 0 Å². The van der Waals surface area contributed by atoms with Crippen LogP contribution in [0.1, 0.15) is 41.7 Å². The Morgan fingerprint density at radius 1 is 1.35 bits per heavy atom. The Kier molecular flexibility index (Phi) is 5.08. The van der Waals surface area contributed by atoms with Crippen molar-refractivity contribution in [3.63, 3.8) is 0 Å². The highest BCUT2D eigenvalue weighted by Crippen LogP contribution is 2.33. The minimum Gasteiger partial charge on any atom is -0.373 e. The molecule has 0 aromatic heterocycles. The fourth-order valence-corrected chi connectivity index (χ4v) is 3.00. The molecular formula is C18H17ClFN3O3. The number of nitrogens with one attached hydrogen (secondary N) is 2. The van der Waals surface area contributed by atoms with Gasteiger partial charge in [0.2, 0.25) is 0 Å². The molecule has 0 heterocycles. The number of rotatable bonds is 6. The largest absolute Gasteiger partial charge is 0.373 e. The molecule has 0 radical (unpaired) electrons. The van der Waals surface area contributed by atoms with E-state index in [1.807, 2.05) is 0 Å². The molecule has 1 saturated carbocycles. The lowest BCUT2D eigenvalue weighted by Gasteiger charge is -2.18. The second-order valence-electron chi connectivity index (χ2n) is 6.24. The molecule has 1 aliphatic carbocycles. The number of amides is 1. The topological polar surface area (TPSA) is 84.3 Å². The predicted octanol–water partition coefficient (Wildman–Crippen LogP) is 4.45. The first-order valence-electron chi connectivity index (χ1n) is 8.16. The summed E-state index contributed by atoms with van der Waals surface area (Å²) < 4.78 is 14.0. The molecule has 6 nitrogen and oxygen atoms in total. The number of nitrogens with zero attached hydrogens (tertiary/aromatic N) is 1. The van der Waals surface area contributed by atoms with Crippen molar-refractivity contribution in [3.05, 3.63) is 68.5 Å². The van der Waals surface area contributed by atoms with Crippen LogP contribution in [-0.2, 0) is 0 Å². The van der Waals surface area contributed by atoms with Gasteiger partial charge in [-0.1, -0.05) is 17.7 Å². The number of benzene rings is 2. The SMILES string of the molecule is CC(Nc1ccc(C(=O)NC2CC2)cc1[N+](=O)[O-])c1c(F)cccc1Cl. The fraction of sp³-hybridized carbons (Fsp3) is 0.278. The van der Waals surface area contributed by atoms with Crippen LogP contribution in [0.5, 0.6) is 0 Å². The van der Waals surface area contributed by atoms with Crippen LogP contribution in [0, 0.1) is 15.9 Å². The average molecular weight is 378 g/mol. The first-order chi connectivity index (χ1) is 12.4. The van der Waals surface area contributed by atoms with E-state index in [9.17, 15) is 19.3 Å². The van der Waals surface area contributed by atoms with Crippen molar-refractivity contribution in [2.45, 2.75) is 31.8 Å². The highest BCUT2D eigenvalue weighted by molar-refractivity contribution is 6.31. The van der Waals surface area contributed by atoms with E-state index in [0.29, 0.717) is 0 Å². The summed E-state index contributed by atoms with van der Waals surface area (Å²) in [7, 11) is 0. The second-order valence-corrected chi connectivity index (χ2v) is 6.65. The molecule has 2 aromatic carbocycles. The molecule has 0 spiro atoms. The van der Waals surface area contributed by atoms with Crippen molar-refractivity contribution in [2.24, 2.45) is 0 Å². The van der Waals surface area contributed by atoms with Crippen molar-refractivity contribution in [1.82, 2.24) is 5.32 Å². The first kappa shape index (κ1) is 18.1. The number of hydrogen-bond acceptors (Lipinski definition) is 4. The predicted molar refractivity (Wildman–Crippen MR) is 97.0 cm³/mol. The minimum absolute atomic E-state index is 0.155. The third-order valence-corrected chi connectivity index (χ3v) is 4.50. The van der Waals surface area contributed by atoms with Crippen molar-refractivity contribution in [3.8, 4) is 0 Å². The van der Waals surface area contributed by atoms with Crippen LogP contribution in [0.3, 0.4) is 0 Å². The molecule has 136 valence electrons. The standard InChI is InChI=1S/C18H17ClFN3O3/c1-10(17-13(19)3-2-4-14(17)20)21-15-8-5-11(9-16(15)23(25)26)18(24)22-12-6-7-12/h2-5,8-10,12,21H,6-7H2,1H3,(H,22,24). The van der Waals surface area contributed by atoms with E-state index < -0.39 is 16.8 Å². The van der Waals surface area contributed by atoms with E-state index in [2.05, 4.69) is 10.6 Å². The molecule has 1 amide bonds. The summed E-state index contributed by atoms with van der Waals surface area (Å²) in [5.74, 6) is -0.840. The average Bonchev–Trinajstić information content (AvgIpc) is 3.38. The molecule has 1 atom stereocenters. The third kappa shape index (κ3) is 3.94. The molecule has 3 rings (SSSR count). The van der Waals surface area contributed by atoms with Crippen LogP contribution >= 0.6 is 11.6 Å². The van der Waals surface area contributed by atoms with Gasteiger partial charge in [-0.25, -0.2) is 4.39 Å². The Bertz CT molecular complexity index is 851. The lowest BCUT2D eigenvalue weighted by Crippen LogP contribution is -2.25. The smallest absolute Gasteiger partial charge is 0.293 e. The molecule has 2 aromatic rings. The van der Waals surface area contributed by atoms with Crippen LogP contribution in [-0.4, -0.2) is 16.9 Å². The Balaban J connectivity index is 1.86. The van der Waals surface area contributed by atoms with Crippen LogP contribution < -0.4 is 10.6 Å². The van der Waals surface area contributed by atoms with Gasteiger partial charge in [-0.15, -0.1) is 0 Å². The summed E-state index contributed by atoms with van der Waals surface area (Å²) in [5.41, 5.74) is 0.363. The van der Waals surface area contributed by atoms with Gasteiger partial charge in [0.05, 0.1) is 11.0 Å². The zero-order valence-electron chi connectivity index (χ0n) is 14.0. The zero-order chi connectivity index (χ0) is 18.8. The van der Waals surface area contributed by atoms with E-state index in [0.717, 1.165) is 12.8 Å². The second kappa shape index (κ2) is 7.29. The Hall–Kier alpha value is -2.67. The van der Waals surface area contributed by atoms with E-state index in [4.69, 9.17) is 11.6 Å². The van der Waals surface area contributed by atoms with Gasteiger partial charge in [0.1, 0.15) is 11.5 Å². The summed E-state index contributed by atoms with van der Waals surface area (Å²) in [5, 5.41) is 17.3. The van der Waals surface area contributed by atoms with E-state index in [1.165, 1.54) is 30.3 Å². The summed E-state index contributed by atoms with van der Waals surface area (Å²) >= 11 is 6.05. The lowest BCUT2D eigenvalue weighted by atomic mass is 10.1. The maximum Gasteiger partial charge on any atom is 0.293 e. The van der Waals surface area contributed by atoms with Crippen molar-refractivity contribution in [2.75, 3.05) is 5.32 Å². The van der Waals surface area contributed by atoms with Gasteiger partial charge >= 0.3 is 0 Å². The van der Waals surface area contributed by atoms with Crippen LogP contribution in [0.4, 0.5) is 15.8 Å². The summed E-state index contributed by atoms with van der Waals surface area (Å²) in [6.45, 7) is 1.65. The molecule has 1 unspecified atom stereocenters. The Morgan fingerprint density at radius 2 is 2.08 bits per heavy atom. The minimum atomic E-state index is -0.603. The van der Waals surface area contributed by atoms with Crippen molar-refractivity contribution < 1.29 is 14.1 Å². The van der Waals surface area contributed by atoms with Crippen molar-refractivity contribution in [1.29, 1.82) is 0 Å². The quantitative estimate of drug-likeness (QED) is 0.575. The number of nitro groups is 1. The van der Waals surface area contributed by atoms with Gasteiger partial charge < -0.3 is 10.6 Å². The summed E-state index contributed by atoms with van der Waals surface area (Å²) in [6, 6.07) is 8.04.